The number of benzene rings is 1. The van der Waals surface area contributed by atoms with Crippen molar-refractivity contribution < 1.29 is 14.2 Å². The lowest BCUT2D eigenvalue weighted by Crippen LogP contribution is -2.35. The monoisotopic (exact) mass is 354 g/mol. The second kappa shape index (κ2) is 5.88. The maximum atomic E-state index is 10.9. The molecule has 1 aromatic heterocycles. The average molecular weight is 355 g/mol. The quantitative estimate of drug-likeness (QED) is 0.664. The lowest BCUT2D eigenvalue weighted by molar-refractivity contribution is -0.384. The summed E-state index contributed by atoms with van der Waals surface area (Å²) in [5, 5.41) is 18.0. The van der Waals surface area contributed by atoms with Crippen LogP contribution in [-0.4, -0.2) is 34.8 Å². The van der Waals surface area contributed by atoms with Crippen LogP contribution in [0.1, 0.15) is 11.9 Å². The molecule has 0 saturated carbocycles. The van der Waals surface area contributed by atoms with E-state index < -0.39 is 4.92 Å². The Kier molecular flexibility index (Phi) is 3.95. The molecule has 0 amide bonds. The van der Waals surface area contributed by atoms with Gasteiger partial charge in [-0.2, -0.15) is 4.98 Å². The van der Waals surface area contributed by atoms with Crippen molar-refractivity contribution in [1.82, 2.24) is 15.5 Å². The molecule has 1 aromatic carbocycles. The third kappa shape index (κ3) is 3.09. The van der Waals surface area contributed by atoms with E-state index in [1.165, 1.54) is 12.1 Å². The van der Waals surface area contributed by atoms with Crippen LogP contribution < -0.4 is 5.32 Å². The van der Waals surface area contributed by atoms with Crippen molar-refractivity contribution in [3.63, 3.8) is 0 Å². The van der Waals surface area contributed by atoms with Crippen LogP contribution >= 0.6 is 15.9 Å². The van der Waals surface area contributed by atoms with E-state index in [0.717, 1.165) is 6.54 Å². The molecule has 0 spiro atoms. The number of non-ortho nitro benzene ring substituents is 1. The van der Waals surface area contributed by atoms with E-state index in [-0.39, 0.29) is 17.6 Å². The van der Waals surface area contributed by atoms with E-state index in [1.54, 1.807) is 6.07 Å². The molecule has 3 rings (SSSR count). The highest BCUT2D eigenvalue weighted by molar-refractivity contribution is 9.10. The summed E-state index contributed by atoms with van der Waals surface area (Å²) in [6.07, 6.45) is 0. The average Bonchev–Trinajstić information content (AvgIpc) is 2.97. The molecule has 8 nitrogen and oxygen atoms in total. The van der Waals surface area contributed by atoms with Gasteiger partial charge in [0.1, 0.15) is 0 Å². The maximum absolute atomic E-state index is 10.9. The summed E-state index contributed by atoms with van der Waals surface area (Å²) in [5.74, 6) is 0.717. The predicted molar refractivity (Wildman–Crippen MR) is 75.7 cm³/mol. The van der Waals surface area contributed by atoms with Gasteiger partial charge in [0.15, 0.2) is 5.82 Å². The van der Waals surface area contributed by atoms with Crippen molar-refractivity contribution in [2.24, 2.45) is 0 Å². The second-order valence-electron chi connectivity index (χ2n) is 4.49. The van der Waals surface area contributed by atoms with E-state index in [4.69, 9.17) is 9.26 Å². The molecule has 1 N–H and O–H groups in total. The van der Waals surface area contributed by atoms with Gasteiger partial charge in [-0.25, -0.2) is 0 Å². The molecule has 2 aromatic rings. The van der Waals surface area contributed by atoms with E-state index in [0.29, 0.717) is 29.1 Å². The van der Waals surface area contributed by atoms with Gasteiger partial charge in [0, 0.05) is 28.7 Å². The fraction of sp³-hybridized carbons (Fsp3) is 0.333. The first-order valence-electron chi connectivity index (χ1n) is 6.23. The van der Waals surface area contributed by atoms with Crippen LogP contribution in [0.25, 0.3) is 11.5 Å². The molecule has 2 heterocycles. The molecule has 0 radical (unpaired) electrons. The second-order valence-corrected chi connectivity index (χ2v) is 5.41. The van der Waals surface area contributed by atoms with E-state index in [2.05, 4.69) is 31.4 Å². The molecule has 21 heavy (non-hydrogen) atoms. The van der Waals surface area contributed by atoms with Gasteiger partial charge in [0.25, 0.3) is 11.6 Å². The minimum absolute atomic E-state index is 0.0433. The lowest BCUT2D eigenvalue weighted by atomic mass is 10.2. The zero-order valence-corrected chi connectivity index (χ0v) is 12.4. The summed E-state index contributed by atoms with van der Waals surface area (Å²) in [6.45, 7) is 1.84. The Bertz CT molecular complexity index is 669. The molecule has 1 saturated heterocycles. The number of hydrogen-bond acceptors (Lipinski definition) is 7. The first-order valence-corrected chi connectivity index (χ1v) is 7.03. The Balaban J connectivity index is 1.90. The maximum Gasteiger partial charge on any atom is 0.271 e. The minimum Gasteiger partial charge on any atom is -0.378 e. The summed E-state index contributed by atoms with van der Waals surface area (Å²) < 4.78 is 11.1. The lowest BCUT2D eigenvalue weighted by Gasteiger charge is -2.20. The van der Waals surface area contributed by atoms with Crippen molar-refractivity contribution in [2.45, 2.75) is 6.04 Å². The van der Waals surface area contributed by atoms with Crippen molar-refractivity contribution in [1.29, 1.82) is 0 Å². The van der Waals surface area contributed by atoms with E-state index >= 15 is 0 Å². The van der Waals surface area contributed by atoms with Crippen LogP contribution in [-0.2, 0) is 4.74 Å². The predicted octanol–water partition coefficient (Wildman–Crippen LogP) is 2.07. The zero-order valence-electron chi connectivity index (χ0n) is 10.8. The van der Waals surface area contributed by atoms with Gasteiger partial charge in [-0.1, -0.05) is 21.1 Å². The Morgan fingerprint density at radius 3 is 3.00 bits per heavy atom. The summed E-state index contributed by atoms with van der Waals surface area (Å²) >= 11 is 3.24. The molecule has 9 heteroatoms. The van der Waals surface area contributed by atoms with Gasteiger partial charge < -0.3 is 14.6 Å². The summed E-state index contributed by atoms with van der Waals surface area (Å²) in [6, 6.07) is 4.37. The number of nitro benzene ring substituents is 1. The van der Waals surface area contributed by atoms with Gasteiger partial charge >= 0.3 is 0 Å². The van der Waals surface area contributed by atoms with Crippen molar-refractivity contribution in [3.05, 3.63) is 38.6 Å². The number of aromatic nitrogens is 2. The van der Waals surface area contributed by atoms with Crippen LogP contribution in [0.15, 0.2) is 27.2 Å². The SMILES string of the molecule is O=[N+]([O-])c1cc(Br)cc(-c2nc(C3COCCN3)no2)c1. The number of nitrogens with zero attached hydrogens (tertiary/aromatic N) is 3. The third-order valence-electron chi connectivity index (χ3n) is 3.02. The number of morpholine rings is 1. The van der Waals surface area contributed by atoms with Gasteiger partial charge in [-0.3, -0.25) is 10.1 Å². The summed E-state index contributed by atoms with van der Waals surface area (Å²) in [5.41, 5.74) is 0.449. The van der Waals surface area contributed by atoms with Gasteiger partial charge in [0.2, 0.25) is 0 Å². The molecule has 1 fully saturated rings. The van der Waals surface area contributed by atoms with Gasteiger partial charge in [0.05, 0.1) is 24.2 Å². The first-order chi connectivity index (χ1) is 10.1. The van der Waals surface area contributed by atoms with Crippen molar-refractivity contribution in [3.8, 4) is 11.5 Å². The molecule has 1 unspecified atom stereocenters. The number of halogens is 1. The van der Waals surface area contributed by atoms with Crippen LogP contribution in [0, 0.1) is 10.1 Å². The number of rotatable bonds is 3. The van der Waals surface area contributed by atoms with E-state index in [1.807, 2.05) is 0 Å². The highest BCUT2D eigenvalue weighted by Crippen LogP contribution is 2.28. The summed E-state index contributed by atoms with van der Waals surface area (Å²) in [7, 11) is 0. The number of nitro groups is 1. The third-order valence-corrected chi connectivity index (χ3v) is 3.47. The van der Waals surface area contributed by atoms with Gasteiger partial charge in [-0.05, 0) is 6.07 Å². The molecule has 0 bridgehead atoms. The Morgan fingerprint density at radius 1 is 1.43 bits per heavy atom. The molecule has 1 atom stereocenters. The van der Waals surface area contributed by atoms with Gasteiger partial charge in [-0.15, -0.1) is 0 Å². The number of hydrogen-bond donors (Lipinski definition) is 1. The topological polar surface area (TPSA) is 103 Å². The molecule has 1 aliphatic heterocycles. The van der Waals surface area contributed by atoms with Crippen LogP contribution in [0.2, 0.25) is 0 Å². The smallest absolute Gasteiger partial charge is 0.271 e. The summed E-state index contributed by atoms with van der Waals surface area (Å²) in [4.78, 5) is 14.7. The molecule has 1 aliphatic rings. The zero-order chi connectivity index (χ0) is 14.8. The fourth-order valence-electron chi connectivity index (χ4n) is 2.03. The first kappa shape index (κ1) is 14.1. The van der Waals surface area contributed by atoms with Crippen LogP contribution in [0.5, 0.6) is 0 Å². The molecule has 110 valence electrons. The standard InChI is InChI=1S/C12H11BrN4O4/c13-8-3-7(4-9(5-8)17(18)19)12-15-11(16-21-12)10-6-20-2-1-14-10/h3-5,10,14H,1-2,6H2. The molecular weight excluding hydrogens is 344 g/mol. The van der Waals surface area contributed by atoms with Crippen LogP contribution in [0.3, 0.4) is 0 Å². The minimum atomic E-state index is -0.470. The highest BCUT2D eigenvalue weighted by atomic mass is 79.9. The normalized spacial score (nSPS) is 18.6. The fourth-order valence-corrected chi connectivity index (χ4v) is 2.51. The largest absolute Gasteiger partial charge is 0.378 e. The Hall–Kier alpha value is -1.84. The van der Waals surface area contributed by atoms with Crippen molar-refractivity contribution >= 4 is 21.6 Å². The van der Waals surface area contributed by atoms with E-state index in [9.17, 15) is 10.1 Å². The number of nitrogens with one attached hydrogen (secondary N) is 1. The van der Waals surface area contributed by atoms with Crippen LogP contribution in [0.4, 0.5) is 5.69 Å². The van der Waals surface area contributed by atoms with Crippen molar-refractivity contribution in [2.75, 3.05) is 19.8 Å². The highest BCUT2D eigenvalue weighted by Gasteiger charge is 2.22. The molecular formula is C12H11BrN4O4. The Labute approximate surface area is 127 Å². The number of ether oxygens (including phenoxy) is 1. The molecule has 0 aliphatic carbocycles. The Morgan fingerprint density at radius 2 is 2.29 bits per heavy atom.